The van der Waals surface area contributed by atoms with E-state index in [1.54, 1.807) is 6.07 Å². The Morgan fingerprint density at radius 2 is 2.08 bits per heavy atom. The summed E-state index contributed by atoms with van der Waals surface area (Å²) in [6.07, 6.45) is 1.54. The molecule has 0 spiro atoms. The predicted molar refractivity (Wildman–Crippen MR) is 99.2 cm³/mol. The number of H-pyrrole nitrogens is 1. The Balaban J connectivity index is 1.67. The SMILES string of the molecule is Cc1cc(C)c(NC(=O)CSc2nc3ncc(Cl)cc3[nH]2)c(Cl)c1. The highest BCUT2D eigenvalue weighted by atomic mass is 35.5. The van der Waals surface area contributed by atoms with E-state index in [9.17, 15) is 4.79 Å². The molecule has 0 radical (unpaired) electrons. The number of carbonyl (C=O) groups excluding carboxylic acids is 1. The smallest absolute Gasteiger partial charge is 0.234 e. The van der Waals surface area contributed by atoms with Gasteiger partial charge in [0, 0.05) is 6.20 Å². The van der Waals surface area contributed by atoms with Gasteiger partial charge in [0.15, 0.2) is 10.8 Å². The third kappa shape index (κ3) is 3.83. The molecule has 0 fully saturated rings. The third-order valence-electron chi connectivity index (χ3n) is 3.32. The molecule has 24 heavy (non-hydrogen) atoms. The summed E-state index contributed by atoms with van der Waals surface area (Å²) >= 11 is 13.4. The van der Waals surface area contributed by atoms with Crippen molar-refractivity contribution in [2.75, 3.05) is 11.1 Å². The minimum atomic E-state index is -0.152. The molecule has 8 heteroatoms. The maximum absolute atomic E-state index is 12.2. The number of benzene rings is 1. The maximum Gasteiger partial charge on any atom is 0.234 e. The van der Waals surface area contributed by atoms with Gasteiger partial charge in [0.25, 0.3) is 0 Å². The van der Waals surface area contributed by atoms with Gasteiger partial charge >= 0.3 is 0 Å². The lowest BCUT2D eigenvalue weighted by atomic mass is 10.1. The van der Waals surface area contributed by atoms with Crippen molar-refractivity contribution >= 4 is 57.7 Å². The van der Waals surface area contributed by atoms with E-state index >= 15 is 0 Å². The fraction of sp³-hybridized carbons (Fsp3) is 0.188. The summed E-state index contributed by atoms with van der Waals surface area (Å²) in [7, 11) is 0. The maximum atomic E-state index is 12.2. The Kier molecular flexibility index (Phi) is 4.99. The van der Waals surface area contributed by atoms with Crippen LogP contribution in [0.2, 0.25) is 10.0 Å². The van der Waals surface area contributed by atoms with Crippen molar-refractivity contribution in [3.05, 3.63) is 45.6 Å². The number of aromatic amines is 1. The zero-order valence-corrected chi connectivity index (χ0v) is 15.3. The number of aryl methyl sites for hydroxylation is 2. The summed E-state index contributed by atoms with van der Waals surface area (Å²) in [6.45, 7) is 3.87. The van der Waals surface area contributed by atoms with Crippen molar-refractivity contribution in [3.63, 3.8) is 0 Å². The molecular weight excluding hydrogens is 367 g/mol. The zero-order valence-electron chi connectivity index (χ0n) is 13.0. The Labute approximate surface area is 153 Å². The fourth-order valence-electron chi connectivity index (χ4n) is 2.30. The fourth-order valence-corrected chi connectivity index (χ4v) is 3.50. The highest BCUT2D eigenvalue weighted by molar-refractivity contribution is 7.99. The van der Waals surface area contributed by atoms with E-state index < -0.39 is 0 Å². The van der Waals surface area contributed by atoms with Crippen LogP contribution < -0.4 is 5.32 Å². The number of nitrogens with zero attached hydrogens (tertiary/aromatic N) is 2. The zero-order chi connectivity index (χ0) is 17.3. The van der Waals surface area contributed by atoms with Crippen molar-refractivity contribution in [3.8, 4) is 0 Å². The van der Waals surface area contributed by atoms with E-state index in [1.165, 1.54) is 18.0 Å². The van der Waals surface area contributed by atoms with Gasteiger partial charge in [0.05, 0.1) is 27.0 Å². The van der Waals surface area contributed by atoms with E-state index in [0.29, 0.717) is 26.5 Å². The molecule has 1 aromatic carbocycles. The summed E-state index contributed by atoms with van der Waals surface area (Å²) in [5.74, 6) is 0.0531. The van der Waals surface area contributed by atoms with E-state index in [4.69, 9.17) is 23.2 Å². The molecule has 0 saturated carbocycles. The Bertz CT molecular complexity index is 903. The quantitative estimate of drug-likeness (QED) is 0.648. The molecule has 2 N–H and O–H groups in total. The van der Waals surface area contributed by atoms with Gasteiger partial charge in [0.1, 0.15) is 0 Å². The summed E-state index contributed by atoms with van der Waals surface area (Å²) in [5, 5.41) is 4.53. The first-order chi connectivity index (χ1) is 11.4. The predicted octanol–water partition coefficient (Wildman–Crippen LogP) is 4.61. The highest BCUT2D eigenvalue weighted by Gasteiger charge is 2.12. The standard InChI is InChI=1S/C16H14Cl2N4OS/c1-8-3-9(2)14(11(18)4-8)21-13(23)7-24-16-20-12-5-10(17)6-19-15(12)22-16/h3-6H,7H2,1-2H3,(H,21,23)(H,19,20,22). The molecule has 0 unspecified atom stereocenters. The lowest BCUT2D eigenvalue weighted by molar-refractivity contribution is -0.113. The van der Waals surface area contributed by atoms with Gasteiger partial charge in [-0.15, -0.1) is 0 Å². The van der Waals surface area contributed by atoms with Crippen molar-refractivity contribution in [1.29, 1.82) is 0 Å². The van der Waals surface area contributed by atoms with Crippen molar-refractivity contribution < 1.29 is 4.79 Å². The molecule has 3 rings (SSSR count). The summed E-state index contributed by atoms with van der Waals surface area (Å²) < 4.78 is 0. The van der Waals surface area contributed by atoms with Crippen LogP contribution >= 0.6 is 35.0 Å². The van der Waals surface area contributed by atoms with Crippen LogP contribution in [0.4, 0.5) is 5.69 Å². The van der Waals surface area contributed by atoms with Gasteiger partial charge in [-0.25, -0.2) is 9.97 Å². The van der Waals surface area contributed by atoms with Crippen LogP contribution in [0.3, 0.4) is 0 Å². The number of nitrogens with one attached hydrogen (secondary N) is 2. The lowest BCUT2D eigenvalue weighted by Gasteiger charge is -2.11. The molecule has 1 amide bonds. The van der Waals surface area contributed by atoms with Crippen LogP contribution in [-0.4, -0.2) is 26.6 Å². The van der Waals surface area contributed by atoms with Gasteiger partial charge in [-0.3, -0.25) is 4.79 Å². The molecule has 0 bridgehead atoms. The molecule has 2 heterocycles. The number of anilines is 1. The number of carbonyl (C=O) groups is 1. The van der Waals surface area contributed by atoms with E-state index in [2.05, 4.69) is 20.3 Å². The number of pyridine rings is 1. The molecule has 0 aliphatic heterocycles. The second-order valence-corrected chi connectivity index (χ2v) is 7.15. The first kappa shape index (κ1) is 17.1. The number of halogens is 2. The normalized spacial score (nSPS) is 11.0. The summed E-state index contributed by atoms with van der Waals surface area (Å²) in [4.78, 5) is 23.7. The highest BCUT2D eigenvalue weighted by Crippen LogP contribution is 2.28. The average molecular weight is 381 g/mol. The van der Waals surface area contributed by atoms with Crippen LogP contribution in [0.25, 0.3) is 11.2 Å². The van der Waals surface area contributed by atoms with E-state index in [1.807, 2.05) is 26.0 Å². The molecular formula is C16H14Cl2N4OS. The Morgan fingerprint density at radius 3 is 2.83 bits per heavy atom. The van der Waals surface area contributed by atoms with Crippen molar-refractivity contribution in [1.82, 2.24) is 15.0 Å². The van der Waals surface area contributed by atoms with Crippen LogP contribution in [-0.2, 0) is 4.79 Å². The van der Waals surface area contributed by atoms with Crippen LogP contribution in [0.15, 0.2) is 29.6 Å². The molecule has 124 valence electrons. The minimum absolute atomic E-state index is 0.152. The number of amides is 1. The Morgan fingerprint density at radius 1 is 1.29 bits per heavy atom. The second kappa shape index (κ2) is 7.01. The Hall–Kier alpha value is -1.76. The largest absolute Gasteiger partial charge is 0.331 e. The van der Waals surface area contributed by atoms with Gasteiger partial charge in [-0.1, -0.05) is 41.0 Å². The number of hydrogen-bond donors (Lipinski definition) is 2. The third-order valence-corrected chi connectivity index (χ3v) is 4.70. The number of imidazole rings is 1. The summed E-state index contributed by atoms with van der Waals surface area (Å²) in [6, 6.07) is 5.55. The monoisotopic (exact) mass is 380 g/mol. The first-order valence-corrected chi connectivity index (χ1v) is 8.87. The van der Waals surface area contributed by atoms with Crippen LogP contribution in [0, 0.1) is 13.8 Å². The molecule has 2 aromatic heterocycles. The van der Waals surface area contributed by atoms with Crippen molar-refractivity contribution in [2.24, 2.45) is 0 Å². The number of thioether (sulfide) groups is 1. The molecule has 0 aliphatic rings. The van der Waals surface area contributed by atoms with Crippen molar-refractivity contribution in [2.45, 2.75) is 19.0 Å². The first-order valence-electron chi connectivity index (χ1n) is 7.13. The van der Waals surface area contributed by atoms with Gasteiger partial charge in [0.2, 0.25) is 5.91 Å². The van der Waals surface area contributed by atoms with E-state index in [-0.39, 0.29) is 11.7 Å². The molecule has 0 aliphatic carbocycles. The molecule has 3 aromatic rings. The number of fused-ring (bicyclic) bond motifs is 1. The number of hydrogen-bond acceptors (Lipinski definition) is 4. The topological polar surface area (TPSA) is 70.7 Å². The summed E-state index contributed by atoms with van der Waals surface area (Å²) in [5.41, 5.74) is 3.94. The minimum Gasteiger partial charge on any atom is -0.331 e. The second-order valence-electron chi connectivity index (χ2n) is 5.34. The van der Waals surface area contributed by atoms with Gasteiger partial charge < -0.3 is 10.3 Å². The number of rotatable bonds is 4. The lowest BCUT2D eigenvalue weighted by Crippen LogP contribution is -2.15. The van der Waals surface area contributed by atoms with E-state index in [0.717, 1.165) is 16.6 Å². The average Bonchev–Trinajstić information content (AvgIpc) is 2.90. The van der Waals surface area contributed by atoms with Gasteiger partial charge in [-0.05, 0) is 37.1 Å². The van der Waals surface area contributed by atoms with Crippen LogP contribution in [0.1, 0.15) is 11.1 Å². The van der Waals surface area contributed by atoms with Crippen LogP contribution in [0.5, 0.6) is 0 Å². The molecule has 0 atom stereocenters. The number of aromatic nitrogens is 3. The molecule has 5 nitrogen and oxygen atoms in total. The van der Waals surface area contributed by atoms with Gasteiger partial charge in [-0.2, -0.15) is 0 Å². The molecule has 0 saturated heterocycles.